The minimum atomic E-state index is -0.00786. The van der Waals surface area contributed by atoms with Gasteiger partial charge in [-0.2, -0.15) is 5.10 Å². The highest BCUT2D eigenvalue weighted by Crippen LogP contribution is 2.19. The third-order valence-electron chi connectivity index (χ3n) is 3.40. The second kappa shape index (κ2) is 5.78. The van der Waals surface area contributed by atoms with Gasteiger partial charge in [0, 0.05) is 35.9 Å². The molecule has 0 radical (unpaired) electrons. The molecule has 0 atom stereocenters. The Morgan fingerprint density at radius 1 is 1.38 bits per heavy atom. The van der Waals surface area contributed by atoms with Gasteiger partial charge in [-0.3, -0.25) is 9.48 Å². The highest BCUT2D eigenvalue weighted by molar-refractivity contribution is 5.93. The van der Waals surface area contributed by atoms with Crippen molar-refractivity contribution in [2.45, 2.75) is 26.3 Å². The average Bonchev–Trinajstić information content (AvgIpc) is 3.14. The number of nitrogens with zero attached hydrogens (tertiary/aromatic N) is 3. The van der Waals surface area contributed by atoms with Crippen LogP contribution in [0.4, 0.5) is 5.69 Å². The Hall–Kier alpha value is -2.63. The van der Waals surface area contributed by atoms with Crippen molar-refractivity contribution in [3.05, 3.63) is 42.6 Å². The smallest absolute Gasteiger partial charge is 0.224 e. The molecule has 2 N–H and O–H groups in total. The summed E-state index contributed by atoms with van der Waals surface area (Å²) in [6, 6.07) is 5.83. The number of anilines is 1. The third-order valence-corrected chi connectivity index (χ3v) is 3.40. The van der Waals surface area contributed by atoms with Gasteiger partial charge in [0.05, 0.1) is 18.0 Å². The van der Waals surface area contributed by atoms with E-state index in [1.54, 1.807) is 12.5 Å². The fourth-order valence-electron chi connectivity index (χ4n) is 2.29. The van der Waals surface area contributed by atoms with Gasteiger partial charge in [-0.1, -0.05) is 0 Å². The summed E-state index contributed by atoms with van der Waals surface area (Å²) in [5.41, 5.74) is 2.79. The predicted molar refractivity (Wildman–Crippen MR) is 80.9 cm³/mol. The van der Waals surface area contributed by atoms with Crippen molar-refractivity contribution >= 4 is 22.5 Å². The van der Waals surface area contributed by atoms with Crippen LogP contribution >= 0.6 is 0 Å². The Labute approximate surface area is 122 Å². The SMILES string of the molecule is CCn1ncc2ccc(NC(=O)CCc3cnc[nH]3)cc21. The monoisotopic (exact) mass is 283 g/mol. The van der Waals surface area contributed by atoms with Crippen molar-refractivity contribution < 1.29 is 4.79 Å². The molecule has 108 valence electrons. The molecule has 0 aliphatic rings. The predicted octanol–water partition coefficient (Wildman–Crippen LogP) is 2.35. The van der Waals surface area contributed by atoms with Gasteiger partial charge in [-0.15, -0.1) is 0 Å². The van der Waals surface area contributed by atoms with Crippen molar-refractivity contribution in [2.24, 2.45) is 0 Å². The Kier molecular flexibility index (Phi) is 3.68. The van der Waals surface area contributed by atoms with E-state index >= 15 is 0 Å². The number of carbonyl (C=O) groups is 1. The number of aryl methyl sites for hydroxylation is 2. The third kappa shape index (κ3) is 2.94. The van der Waals surface area contributed by atoms with Gasteiger partial charge in [-0.05, 0) is 31.5 Å². The summed E-state index contributed by atoms with van der Waals surface area (Å²) in [6.45, 7) is 2.85. The van der Waals surface area contributed by atoms with Crippen LogP contribution in [0.15, 0.2) is 36.9 Å². The van der Waals surface area contributed by atoms with Crippen molar-refractivity contribution in [2.75, 3.05) is 5.32 Å². The van der Waals surface area contributed by atoms with Crippen LogP contribution < -0.4 is 5.32 Å². The zero-order valence-corrected chi connectivity index (χ0v) is 11.8. The first-order valence-corrected chi connectivity index (χ1v) is 6.99. The van der Waals surface area contributed by atoms with Crippen molar-refractivity contribution in [1.82, 2.24) is 19.7 Å². The topological polar surface area (TPSA) is 75.6 Å². The molecule has 1 aromatic carbocycles. The minimum Gasteiger partial charge on any atom is -0.348 e. The van der Waals surface area contributed by atoms with Crippen LogP contribution in [0.2, 0.25) is 0 Å². The van der Waals surface area contributed by atoms with Crippen molar-refractivity contribution in [3.8, 4) is 0 Å². The molecule has 6 heteroatoms. The van der Waals surface area contributed by atoms with E-state index in [4.69, 9.17) is 0 Å². The van der Waals surface area contributed by atoms with Crippen LogP contribution in [0.25, 0.3) is 10.9 Å². The molecule has 1 amide bonds. The molecular weight excluding hydrogens is 266 g/mol. The van der Waals surface area contributed by atoms with Gasteiger partial charge in [0.1, 0.15) is 0 Å². The van der Waals surface area contributed by atoms with Gasteiger partial charge >= 0.3 is 0 Å². The summed E-state index contributed by atoms with van der Waals surface area (Å²) >= 11 is 0. The number of amides is 1. The fraction of sp³-hybridized carbons (Fsp3) is 0.267. The average molecular weight is 283 g/mol. The molecule has 21 heavy (non-hydrogen) atoms. The van der Waals surface area contributed by atoms with E-state index in [1.807, 2.05) is 36.0 Å². The molecule has 0 saturated carbocycles. The Morgan fingerprint density at radius 3 is 3.05 bits per heavy atom. The first-order chi connectivity index (χ1) is 10.3. The lowest BCUT2D eigenvalue weighted by Crippen LogP contribution is -2.12. The number of benzene rings is 1. The zero-order valence-electron chi connectivity index (χ0n) is 11.8. The number of imidazole rings is 1. The lowest BCUT2D eigenvalue weighted by Gasteiger charge is -2.06. The van der Waals surface area contributed by atoms with Crippen molar-refractivity contribution in [1.29, 1.82) is 0 Å². The van der Waals surface area contributed by atoms with Gasteiger partial charge in [-0.25, -0.2) is 4.98 Å². The lowest BCUT2D eigenvalue weighted by molar-refractivity contribution is -0.116. The number of aromatic nitrogens is 4. The highest BCUT2D eigenvalue weighted by Gasteiger charge is 2.06. The molecular formula is C15H17N5O. The lowest BCUT2D eigenvalue weighted by atomic mass is 10.2. The van der Waals surface area contributed by atoms with Gasteiger partial charge < -0.3 is 10.3 Å². The molecule has 0 fully saturated rings. The van der Waals surface area contributed by atoms with Gasteiger partial charge in [0.15, 0.2) is 0 Å². The first kappa shape index (κ1) is 13.4. The highest BCUT2D eigenvalue weighted by atomic mass is 16.1. The Morgan fingerprint density at radius 2 is 2.29 bits per heavy atom. The number of H-pyrrole nitrogens is 1. The summed E-state index contributed by atoms with van der Waals surface area (Å²) < 4.78 is 1.91. The normalized spacial score (nSPS) is 10.9. The second-order valence-electron chi connectivity index (χ2n) is 4.86. The van der Waals surface area contributed by atoms with Crippen LogP contribution in [0, 0.1) is 0 Å². The molecule has 3 aromatic rings. The number of hydrogen-bond donors (Lipinski definition) is 2. The van der Waals surface area contributed by atoms with Gasteiger partial charge in [0.25, 0.3) is 0 Å². The minimum absolute atomic E-state index is 0.00786. The number of nitrogens with one attached hydrogen (secondary N) is 2. The summed E-state index contributed by atoms with van der Waals surface area (Å²) in [4.78, 5) is 18.9. The summed E-state index contributed by atoms with van der Waals surface area (Å²) in [5.74, 6) is -0.00786. The van der Waals surface area contributed by atoms with E-state index < -0.39 is 0 Å². The molecule has 0 saturated heterocycles. The summed E-state index contributed by atoms with van der Waals surface area (Å²) in [6.07, 6.45) is 6.27. The summed E-state index contributed by atoms with van der Waals surface area (Å²) in [5, 5.41) is 8.30. The molecule has 6 nitrogen and oxygen atoms in total. The number of aromatic amines is 1. The number of hydrogen-bond acceptors (Lipinski definition) is 3. The fourth-order valence-corrected chi connectivity index (χ4v) is 2.29. The van der Waals surface area contributed by atoms with Crippen LogP contribution in [-0.2, 0) is 17.8 Å². The van der Waals surface area contributed by atoms with E-state index in [-0.39, 0.29) is 5.91 Å². The maximum absolute atomic E-state index is 12.0. The molecule has 0 spiro atoms. The summed E-state index contributed by atoms with van der Waals surface area (Å²) in [7, 11) is 0. The molecule has 0 unspecified atom stereocenters. The quantitative estimate of drug-likeness (QED) is 0.754. The van der Waals surface area contributed by atoms with E-state index in [2.05, 4.69) is 20.4 Å². The molecule has 2 heterocycles. The van der Waals surface area contributed by atoms with Crippen LogP contribution in [0.5, 0.6) is 0 Å². The second-order valence-corrected chi connectivity index (χ2v) is 4.86. The largest absolute Gasteiger partial charge is 0.348 e. The molecule has 0 aliphatic heterocycles. The van der Waals surface area contributed by atoms with Crippen LogP contribution in [-0.4, -0.2) is 25.7 Å². The van der Waals surface area contributed by atoms with Crippen LogP contribution in [0.1, 0.15) is 19.0 Å². The van der Waals surface area contributed by atoms with Crippen LogP contribution in [0.3, 0.4) is 0 Å². The van der Waals surface area contributed by atoms with E-state index in [0.717, 1.165) is 28.8 Å². The molecule has 3 rings (SSSR count). The standard InChI is InChI=1S/C15H17N5O/c1-2-20-14-7-12(4-3-11(14)8-18-20)19-15(21)6-5-13-9-16-10-17-13/h3-4,7-10H,2,5-6H2,1H3,(H,16,17)(H,19,21). The van der Waals surface area contributed by atoms with E-state index in [0.29, 0.717) is 12.8 Å². The van der Waals surface area contributed by atoms with E-state index in [1.165, 1.54) is 0 Å². The first-order valence-electron chi connectivity index (χ1n) is 6.99. The Balaban J connectivity index is 1.67. The molecule has 0 aliphatic carbocycles. The maximum Gasteiger partial charge on any atom is 0.224 e. The zero-order chi connectivity index (χ0) is 14.7. The Bertz CT molecular complexity index is 745. The number of fused-ring (bicyclic) bond motifs is 1. The maximum atomic E-state index is 12.0. The van der Waals surface area contributed by atoms with E-state index in [9.17, 15) is 4.79 Å². The molecule has 2 aromatic heterocycles. The molecule has 0 bridgehead atoms. The number of rotatable bonds is 5. The number of carbonyl (C=O) groups excluding carboxylic acids is 1. The van der Waals surface area contributed by atoms with Gasteiger partial charge in [0.2, 0.25) is 5.91 Å². The van der Waals surface area contributed by atoms with Crippen molar-refractivity contribution in [3.63, 3.8) is 0 Å².